The second-order valence-corrected chi connectivity index (χ2v) is 11.0. The van der Waals surface area contributed by atoms with Gasteiger partial charge in [0.25, 0.3) is 0 Å². The van der Waals surface area contributed by atoms with Crippen molar-refractivity contribution in [1.82, 2.24) is 9.97 Å². The zero-order valence-electron chi connectivity index (χ0n) is 22.8. The van der Waals surface area contributed by atoms with Gasteiger partial charge in [0, 0.05) is 22.6 Å². The number of hydrogen-bond donors (Lipinski definition) is 1. The van der Waals surface area contributed by atoms with Crippen LogP contribution in [-0.2, 0) is 5.41 Å². The molecule has 0 radical (unpaired) electrons. The van der Waals surface area contributed by atoms with Gasteiger partial charge in [0.2, 0.25) is 0 Å². The number of anilines is 3. The van der Waals surface area contributed by atoms with Crippen LogP contribution in [0.1, 0.15) is 30.5 Å². The predicted octanol–water partition coefficient (Wildman–Crippen LogP) is 9.09. The van der Waals surface area contributed by atoms with Crippen molar-refractivity contribution in [2.24, 2.45) is 0 Å². The Labute approximate surface area is 234 Å². The number of nitrogens with zero attached hydrogens (tertiary/aromatic N) is 3. The number of rotatable bonds is 3. The molecular weight excluding hydrogens is 490 g/mol. The van der Waals surface area contributed by atoms with Crippen LogP contribution < -0.4 is 4.90 Å². The van der Waals surface area contributed by atoms with Gasteiger partial charge in [-0.2, -0.15) is 0 Å². The van der Waals surface area contributed by atoms with Crippen molar-refractivity contribution in [2.45, 2.75) is 26.2 Å². The Morgan fingerprint density at radius 3 is 2.30 bits per heavy atom. The second kappa shape index (κ2) is 9.06. The van der Waals surface area contributed by atoms with Gasteiger partial charge in [-0.05, 0) is 83.3 Å². The molecule has 0 spiro atoms. The third-order valence-electron chi connectivity index (χ3n) is 8.08. The molecule has 4 heteroatoms. The quantitative estimate of drug-likeness (QED) is 0.253. The van der Waals surface area contributed by atoms with Gasteiger partial charge < -0.3 is 5.11 Å². The van der Waals surface area contributed by atoms with E-state index in [1.54, 1.807) is 6.07 Å². The number of fused-ring (bicyclic) bond motifs is 3. The summed E-state index contributed by atoms with van der Waals surface area (Å²) in [5.41, 5.74) is 10.2. The molecule has 0 saturated carbocycles. The summed E-state index contributed by atoms with van der Waals surface area (Å²) in [6.45, 7) is 6.66. The molecule has 0 atom stereocenters. The van der Waals surface area contributed by atoms with Gasteiger partial charge in [0.1, 0.15) is 17.1 Å². The van der Waals surface area contributed by atoms with E-state index in [0.717, 1.165) is 50.5 Å². The molecule has 1 aliphatic rings. The van der Waals surface area contributed by atoms with E-state index in [1.807, 2.05) is 42.6 Å². The number of aryl methyl sites for hydroxylation is 1. The fourth-order valence-corrected chi connectivity index (χ4v) is 6.00. The lowest BCUT2D eigenvalue weighted by atomic mass is 9.73. The van der Waals surface area contributed by atoms with Crippen LogP contribution in [0, 0.1) is 6.92 Å². The summed E-state index contributed by atoms with van der Waals surface area (Å²) in [5.74, 6) is 1.06. The number of para-hydroxylation sites is 1. The second-order valence-electron chi connectivity index (χ2n) is 11.0. The third kappa shape index (κ3) is 3.76. The first-order chi connectivity index (χ1) is 19.4. The molecule has 4 aromatic carbocycles. The van der Waals surface area contributed by atoms with Crippen molar-refractivity contribution in [3.8, 4) is 28.1 Å². The lowest BCUT2D eigenvalue weighted by molar-refractivity contribution is 0.480. The molecule has 6 aromatic rings. The maximum absolute atomic E-state index is 10.8. The standard InChI is InChI=1S/C36H29N3O/c1-23-19-20-37-34(21-23)39-31-12-8-7-11-28(31)36(2,3)29-16-13-25(22-32(29)39)30-17-14-27-26(24-9-5-4-6-10-24)15-18-33(40)35(27)38-30/h4-22,40H,1-3H3. The third-order valence-corrected chi connectivity index (χ3v) is 8.08. The lowest BCUT2D eigenvalue weighted by Gasteiger charge is -2.41. The number of aromatic nitrogens is 2. The van der Waals surface area contributed by atoms with E-state index in [9.17, 15) is 5.11 Å². The summed E-state index contributed by atoms with van der Waals surface area (Å²) >= 11 is 0. The Kier molecular flexibility index (Phi) is 5.46. The number of benzene rings is 4. The van der Waals surface area contributed by atoms with Crippen molar-refractivity contribution in [1.29, 1.82) is 0 Å². The molecule has 0 bridgehead atoms. The van der Waals surface area contributed by atoms with E-state index in [-0.39, 0.29) is 11.2 Å². The van der Waals surface area contributed by atoms with E-state index in [2.05, 4.69) is 92.4 Å². The van der Waals surface area contributed by atoms with E-state index < -0.39 is 0 Å². The van der Waals surface area contributed by atoms with E-state index in [0.29, 0.717) is 5.52 Å². The van der Waals surface area contributed by atoms with Crippen molar-refractivity contribution < 1.29 is 5.11 Å². The van der Waals surface area contributed by atoms with Gasteiger partial charge in [-0.25, -0.2) is 9.97 Å². The van der Waals surface area contributed by atoms with Crippen molar-refractivity contribution >= 4 is 28.1 Å². The molecule has 3 heterocycles. The number of pyridine rings is 2. The van der Waals surface area contributed by atoms with Crippen LogP contribution >= 0.6 is 0 Å². The smallest absolute Gasteiger partial charge is 0.141 e. The maximum atomic E-state index is 10.8. The molecule has 0 unspecified atom stereocenters. The predicted molar refractivity (Wildman–Crippen MR) is 164 cm³/mol. The van der Waals surface area contributed by atoms with Crippen LogP contribution in [0.5, 0.6) is 5.75 Å². The SMILES string of the molecule is Cc1ccnc(N2c3ccccc3C(C)(C)c3ccc(-c4ccc5c(-c6ccccc6)ccc(O)c5n4)cc32)c1. The molecule has 7 rings (SSSR count). The molecule has 40 heavy (non-hydrogen) atoms. The van der Waals surface area contributed by atoms with Crippen LogP contribution in [-0.4, -0.2) is 15.1 Å². The lowest BCUT2D eigenvalue weighted by Crippen LogP contribution is -2.31. The minimum atomic E-state index is -0.190. The summed E-state index contributed by atoms with van der Waals surface area (Å²) < 4.78 is 0. The van der Waals surface area contributed by atoms with E-state index >= 15 is 0 Å². The van der Waals surface area contributed by atoms with Gasteiger partial charge >= 0.3 is 0 Å². The average molecular weight is 520 g/mol. The van der Waals surface area contributed by atoms with Crippen LogP contribution in [0.15, 0.2) is 115 Å². The normalized spacial score (nSPS) is 13.6. The monoisotopic (exact) mass is 519 g/mol. The molecule has 1 aliphatic heterocycles. The minimum Gasteiger partial charge on any atom is -0.506 e. The molecule has 1 N–H and O–H groups in total. The number of phenols is 1. The molecule has 0 saturated heterocycles. The Hall–Kier alpha value is -4.96. The van der Waals surface area contributed by atoms with Crippen LogP contribution in [0.4, 0.5) is 17.2 Å². The first-order valence-corrected chi connectivity index (χ1v) is 13.6. The fraction of sp³-hybridized carbons (Fsp3) is 0.111. The topological polar surface area (TPSA) is 49.2 Å². The van der Waals surface area contributed by atoms with Crippen molar-refractivity contribution in [3.63, 3.8) is 0 Å². The highest BCUT2D eigenvalue weighted by molar-refractivity contribution is 5.99. The zero-order valence-corrected chi connectivity index (χ0v) is 22.8. The Bertz CT molecular complexity index is 1910. The van der Waals surface area contributed by atoms with Gasteiger partial charge in [-0.3, -0.25) is 4.90 Å². The number of phenolic OH excluding ortho intramolecular Hbond substituents is 1. The fourth-order valence-electron chi connectivity index (χ4n) is 6.00. The van der Waals surface area contributed by atoms with Crippen molar-refractivity contribution in [3.05, 3.63) is 132 Å². The molecule has 2 aromatic heterocycles. The minimum absolute atomic E-state index is 0.176. The van der Waals surface area contributed by atoms with Gasteiger partial charge in [-0.15, -0.1) is 0 Å². The average Bonchev–Trinajstić information content (AvgIpc) is 2.98. The maximum Gasteiger partial charge on any atom is 0.141 e. The van der Waals surface area contributed by atoms with E-state index in [4.69, 9.17) is 9.97 Å². The van der Waals surface area contributed by atoms with Crippen LogP contribution in [0.25, 0.3) is 33.3 Å². The largest absolute Gasteiger partial charge is 0.506 e. The van der Waals surface area contributed by atoms with Crippen LogP contribution in [0.2, 0.25) is 0 Å². The molecule has 194 valence electrons. The number of hydrogen-bond acceptors (Lipinski definition) is 4. The zero-order chi connectivity index (χ0) is 27.4. The van der Waals surface area contributed by atoms with Crippen LogP contribution in [0.3, 0.4) is 0 Å². The summed E-state index contributed by atoms with van der Waals surface area (Å²) in [7, 11) is 0. The van der Waals surface area contributed by atoms with Gasteiger partial charge in [0.15, 0.2) is 0 Å². The Morgan fingerprint density at radius 2 is 1.48 bits per heavy atom. The molecule has 0 amide bonds. The Balaban J connectivity index is 1.42. The highest BCUT2D eigenvalue weighted by Crippen LogP contribution is 2.52. The van der Waals surface area contributed by atoms with Gasteiger partial charge in [0.05, 0.1) is 17.1 Å². The molecule has 0 fully saturated rings. The first kappa shape index (κ1) is 24.1. The summed E-state index contributed by atoms with van der Waals surface area (Å²) in [6.07, 6.45) is 1.87. The first-order valence-electron chi connectivity index (χ1n) is 13.6. The summed E-state index contributed by atoms with van der Waals surface area (Å²) in [6, 6.07) is 37.3. The molecule has 0 aliphatic carbocycles. The molecular formula is C36H29N3O. The summed E-state index contributed by atoms with van der Waals surface area (Å²) in [5, 5.41) is 11.7. The van der Waals surface area contributed by atoms with E-state index in [1.165, 1.54) is 11.1 Å². The summed E-state index contributed by atoms with van der Waals surface area (Å²) in [4.78, 5) is 12.0. The highest BCUT2D eigenvalue weighted by atomic mass is 16.3. The highest BCUT2D eigenvalue weighted by Gasteiger charge is 2.37. The Morgan fingerprint density at radius 1 is 0.700 bits per heavy atom. The van der Waals surface area contributed by atoms with Crippen molar-refractivity contribution in [2.75, 3.05) is 4.90 Å². The number of aromatic hydroxyl groups is 1. The molecule has 4 nitrogen and oxygen atoms in total. The van der Waals surface area contributed by atoms with Gasteiger partial charge in [-0.1, -0.05) is 74.5 Å².